The van der Waals surface area contributed by atoms with E-state index in [4.69, 9.17) is 21.2 Å². The monoisotopic (exact) mass is 464 g/mol. The number of nitrogens with two attached hydrogens (primary N) is 1. The molecule has 33 heavy (non-hydrogen) atoms. The van der Waals surface area contributed by atoms with Crippen LogP contribution in [0.15, 0.2) is 73.7 Å². The van der Waals surface area contributed by atoms with Crippen LogP contribution in [0.25, 0.3) is 5.69 Å². The summed E-state index contributed by atoms with van der Waals surface area (Å²) in [7, 11) is 0. The molecule has 3 aromatic rings. The SMILES string of the molecule is CCO.CCO/C=C/C#N.CC[O-].Cc1cccnc1.Nc1ccn(-c2cccnc2)n1.[Na+]. The molecule has 0 aliphatic carbocycles. The average Bonchev–Trinajstić information content (AvgIpc) is 3.24. The zero-order valence-corrected chi connectivity index (χ0v) is 22.1. The number of pyridine rings is 2. The third-order valence-electron chi connectivity index (χ3n) is 2.74. The molecule has 0 aliphatic heterocycles. The molecule has 0 aromatic carbocycles. The zero-order valence-electron chi connectivity index (χ0n) is 20.1. The Balaban J connectivity index is -0.000000376. The second kappa shape index (κ2) is 27.3. The van der Waals surface area contributed by atoms with Crippen LogP contribution in [-0.2, 0) is 4.74 Å². The number of aromatic nitrogens is 4. The normalized spacial score (nSPS) is 8.39. The van der Waals surface area contributed by atoms with Gasteiger partial charge in [0.15, 0.2) is 0 Å². The van der Waals surface area contributed by atoms with E-state index in [1.165, 1.54) is 17.9 Å². The standard InChI is InChI=1S/C8H8N4.C6H7N.C5H7NO.C2H6O.C2H5O.Na/c9-8-3-5-12(11-8)7-2-1-4-10-6-7;1-6-3-2-4-7-5-6;1-2-7-5-3-4-6;2*1-2-3;/h1-6H,(H2,9,11);2-5H,1H3;3,5H,2H2,1H3;3H,2H2,1H3;2H2,1H3;/q;;;;-1;+1/b;;5-3+;;;. The molecule has 174 valence electrons. The number of nitrogens with zero attached hydrogens (tertiary/aromatic N) is 5. The van der Waals surface area contributed by atoms with Gasteiger partial charge in [-0.25, -0.2) is 4.68 Å². The number of nitriles is 1. The molecular formula is C23H33N6NaO3. The van der Waals surface area contributed by atoms with E-state index in [2.05, 4.69) is 19.8 Å². The summed E-state index contributed by atoms with van der Waals surface area (Å²) in [4.78, 5) is 7.85. The Hall–Kier alpha value is -2.74. The van der Waals surface area contributed by atoms with E-state index < -0.39 is 0 Å². The maximum absolute atomic E-state index is 8.93. The molecule has 0 saturated heterocycles. The van der Waals surface area contributed by atoms with Crippen LogP contribution in [0.2, 0.25) is 0 Å². The summed E-state index contributed by atoms with van der Waals surface area (Å²) < 4.78 is 6.35. The molecule has 10 heteroatoms. The van der Waals surface area contributed by atoms with Gasteiger partial charge in [0.1, 0.15) is 5.82 Å². The van der Waals surface area contributed by atoms with E-state index in [0.29, 0.717) is 12.4 Å². The van der Waals surface area contributed by atoms with Gasteiger partial charge in [0.25, 0.3) is 0 Å². The van der Waals surface area contributed by atoms with Crippen LogP contribution in [0.4, 0.5) is 5.82 Å². The number of anilines is 1. The van der Waals surface area contributed by atoms with Crippen LogP contribution in [0.5, 0.6) is 0 Å². The Morgan fingerprint density at radius 3 is 2.06 bits per heavy atom. The number of nitrogen functional groups attached to an aromatic ring is 1. The van der Waals surface area contributed by atoms with Gasteiger partial charge in [-0.05, 0) is 44.5 Å². The minimum atomic E-state index is 0. The zero-order chi connectivity index (χ0) is 24.5. The van der Waals surface area contributed by atoms with Crippen molar-refractivity contribution in [2.24, 2.45) is 0 Å². The fraction of sp³-hybridized carbons (Fsp3) is 0.304. The van der Waals surface area contributed by atoms with Crippen LogP contribution in [0.3, 0.4) is 0 Å². The second-order valence-corrected chi connectivity index (χ2v) is 5.42. The van der Waals surface area contributed by atoms with Crippen molar-refractivity contribution >= 4 is 5.82 Å². The van der Waals surface area contributed by atoms with E-state index in [-0.39, 0.29) is 42.8 Å². The molecule has 9 nitrogen and oxygen atoms in total. The molecule has 0 saturated carbocycles. The number of aryl methyl sites for hydroxylation is 1. The molecule has 0 radical (unpaired) electrons. The summed E-state index contributed by atoms with van der Waals surface area (Å²) in [6.07, 6.45) is 11.5. The smallest absolute Gasteiger partial charge is 0.855 e. The first-order valence-corrected chi connectivity index (χ1v) is 9.93. The van der Waals surface area contributed by atoms with E-state index in [9.17, 15) is 0 Å². The van der Waals surface area contributed by atoms with Crippen LogP contribution < -0.4 is 40.4 Å². The predicted octanol–water partition coefficient (Wildman–Crippen LogP) is -0.331. The topological polar surface area (TPSA) is 146 Å². The van der Waals surface area contributed by atoms with Crippen LogP contribution in [0.1, 0.15) is 26.3 Å². The fourth-order valence-corrected chi connectivity index (χ4v) is 1.59. The molecular weight excluding hydrogens is 431 g/mol. The van der Waals surface area contributed by atoms with Gasteiger partial charge in [0.05, 0.1) is 36.9 Å². The first-order valence-electron chi connectivity index (χ1n) is 9.93. The van der Waals surface area contributed by atoms with Crippen molar-refractivity contribution < 1.29 is 44.5 Å². The largest absolute Gasteiger partial charge is 1.00 e. The van der Waals surface area contributed by atoms with Crippen molar-refractivity contribution in [3.63, 3.8) is 0 Å². The van der Waals surface area contributed by atoms with Gasteiger partial charge >= 0.3 is 29.6 Å². The summed E-state index contributed by atoms with van der Waals surface area (Å²) in [6, 6.07) is 11.3. The molecule has 0 bridgehead atoms. The van der Waals surface area contributed by atoms with Crippen molar-refractivity contribution in [1.29, 1.82) is 5.26 Å². The van der Waals surface area contributed by atoms with Crippen LogP contribution in [-0.4, -0.2) is 44.7 Å². The van der Waals surface area contributed by atoms with E-state index in [1.807, 2.05) is 44.3 Å². The number of aliphatic hydroxyl groups is 1. The van der Waals surface area contributed by atoms with Gasteiger partial charge in [-0.3, -0.25) is 9.97 Å². The van der Waals surface area contributed by atoms with Gasteiger partial charge in [-0.1, -0.05) is 13.0 Å². The average molecular weight is 465 g/mol. The Kier molecular flexibility index (Phi) is 28.8. The second-order valence-electron chi connectivity index (χ2n) is 5.42. The van der Waals surface area contributed by atoms with Crippen molar-refractivity contribution in [3.05, 3.63) is 79.2 Å². The van der Waals surface area contributed by atoms with Gasteiger partial charge in [-0.15, -0.1) is 6.61 Å². The number of hydrogen-bond donors (Lipinski definition) is 2. The van der Waals surface area contributed by atoms with Crippen LogP contribution in [0, 0.1) is 18.3 Å². The molecule has 3 N–H and O–H groups in total. The summed E-state index contributed by atoms with van der Waals surface area (Å²) in [5, 5.41) is 28.4. The maximum atomic E-state index is 8.93. The Bertz CT molecular complexity index is 838. The van der Waals surface area contributed by atoms with E-state index >= 15 is 0 Å². The molecule has 0 spiro atoms. The Labute approximate surface area is 218 Å². The molecule has 0 unspecified atom stereocenters. The third kappa shape index (κ3) is 23.7. The first kappa shape index (κ1) is 34.9. The van der Waals surface area contributed by atoms with Gasteiger partial charge < -0.3 is 20.7 Å². The summed E-state index contributed by atoms with van der Waals surface area (Å²) in [6.45, 7) is 8.01. The summed E-state index contributed by atoms with van der Waals surface area (Å²) >= 11 is 0. The number of allylic oxidation sites excluding steroid dienone is 1. The number of hydrogen-bond acceptors (Lipinski definition) is 8. The number of rotatable bonds is 3. The molecule has 0 amide bonds. The number of aliphatic hydroxyl groups excluding tert-OH is 1. The Morgan fingerprint density at radius 1 is 1.15 bits per heavy atom. The summed E-state index contributed by atoms with van der Waals surface area (Å²) in [5.41, 5.74) is 7.59. The van der Waals surface area contributed by atoms with Crippen molar-refractivity contribution in [1.82, 2.24) is 19.7 Å². The molecule has 0 aliphatic rings. The van der Waals surface area contributed by atoms with Crippen LogP contribution >= 0.6 is 0 Å². The van der Waals surface area contributed by atoms with Gasteiger partial charge in [0.2, 0.25) is 0 Å². The molecule has 3 heterocycles. The molecule has 3 rings (SSSR count). The van der Waals surface area contributed by atoms with Gasteiger partial charge in [0, 0.05) is 37.5 Å². The molecule has 0 atom stereocenters. The quantitative estimate of drug-likeness (QED) is 0.304. The first-order chi connectivity index (χ1) is 15.5. The molecule has 3 aromatic heterocycles. The predicted molar refractivity (Wildman–Crippen MR) is 124 cm³/mol. The maximum Gasteiger partial charge on any atom is 1.00 e. The minimum absolute atomic E-state index is 0. The number of ether oxygens (including phenoxy) is 1. The van der Waals surface area contributed by atoms with Crippen molar-refractivity contribution in [3.8, 4) is 11.8 Å². The fourth-order valence-electron chi connectivity index (χ4n) is 1.59. The Morgan fingerprint density at radius 2 is 1.73 bits per heavy atom. The third-order valence-corrected chi connectivity index (χ3v) is 2.74. The van der Waals surface area contributed by atoms with Crippen molar-refractivity contribution in [2.45, 2.75) is 27.7 Å². The van der Waals surface area contributed by atoms with E-state index in [1.54, 1.807) is 55.5 Å². The minimum Gasteiger partial charge on any atom is -0.855 e. The van der Waals surface area contributed by atoms with Crippen molar-refractivity contribution in [2.75, 3.05) is 25.6 Å². The van der Waals surface area contributed by atoms with E-state index in [0.717, 1.165) is 5.69 Å². The summed E-state index contributed by atoms with van der Waals surface area (Å²) in [5.74, 6) is 0.513. The molecule has 0 fully saturated rings. The van der Waals surface area contributed by atoms with Gasteiger partial charge in [-0.2, -0.15) is 10.4 Å².